The molecule has 1 N–H and O–H groups in total. The summed E-state index contributed by atoms with van der Waals surface area (Å²) in [7, 11) is 1.31. The van der Waals surface area contributed by atoms with Crippen LogP contribution in [0, 0.1) is 5.82 Å². The Labute approximate surface area is 163 Å². The van der Waals surface area contributed by atoms with Crippen LogP contribution < -0.4 is 15.0 Å². The Balaban J connectivity index is 1.77. The molecule has 2 aromatic rings. The Morgan fingerprint density at radius 2 is 2.15 bits per heavy atom. The summed E-state index contributed by atoms with van der Waals surface area (Å²) in [6, 6.07) is 8.60. The van der Waals surface area contributed by atoms with Gasteiger partial charge in [0, 0.05) is 16.5 Å². The highest BCUT2D eigenvalue weighted by atomic mass is 79.9. The van der Waals surface area contributed by atoms with Gasteiger partial charge in [-0.2, -0.15) is 0 Å². The van der Waals surface area contributed by atoms with E-state index in [0.717, 1.165) is 0 Å². The Kier molecular flexibility index (Phi) is 4.10. The molecule has 140 valence electrons. The van der Waals surface area contributed by atoms with Crippen molar-refractivity contribution in [2.24, 2.45) is 0 Å². The second-order valence-electron chi connectivity index (χ2n) is 6.66. The highest BCUT2D eigenvalue weighted by Gasteiger charge is 2.50. The zero-order chi connectivity index (χ0) is 19.3. The third-order valence-corrected chi connectivity index (χ3v) is 5.34. The molecule has 4 rings (SSSR count). The van der Waals surface area contributed by atoms with E-state index in [9.17, 15) is 14.0 Å². The molecule has 0 radical (unpaired) electrons. The number of methoxy groups -OCH3 is 1. The Morgan fingerprint density at radius 3 is 2.85 bits per heavy atom. The van der Waals surface area contributed by atoms with Crippen molar-refractivity contribution >= 4 is 33.6 Å². The van der Waals surface area contributed by atoms with Crippen LogP contribution >= 0.6 is 15.9 Å². The van der Waals surface area contributed by atoms with Crippen molar-refractivity contribution < 1.29 is 23.5 Å². The molecule has 2 unspecified atom stereocenters. The number of anilines is 1. The molecule has 2 aliphatic heterocycles. The lowest BCUT2D eigenvalue weighted by Crippen LogP contribution is -2.65. The van der Waals surface area contributed by atoms with Gasteiger partial charge in [0.25, 0.3) is 0 Å². The maximum Gasteiger partial charge on any atom is 0.337 e. The van der Waals surface area contributed by atoms with Gasteiger partial charge in [0.15, 0.2) is 5.72 Å². The summed E-state index contributed by atoms with van der Waals surface area (Å²) in [5.74, 6) is -0.467. The minimum Gasteiger partial charge on any atom is -0.467 e. The summed E-state index contributed by atoms with van der Waals surface area (Å²) in [5.41, 5.74) is 0.131. The molecule has 0 spiro atoms. The average molecular weight is 435 g/mol. The average Bonchev–Trinajstić information content (AvgIpc) is 2.62. The van der Waals surface area contributed by atoms with E-state index in [2.05, 4.69) is 21.2 Å². The number of amides is 2. The van der Waals surface area contributed by atoms with Crippen LogP contribution in [0.3, 0.4) is 0 Å². The van der Waals surface area contributed by atoms with E-state index in [4.69, 9.17) is 9.47 Å². The van der Waals surface area contributed by atoms with E-state index in [1.54, 1.807) is 31.2 Å². The number of fused-ring (bicyclic) bond motifs is 4. The van der Waals surface area contributed by atoms with E-state index < -0.39 is 23.5 Å². The summed E-state index contributed by atoms with van der Waals surface area (Å²) < 4.78 is 26.0. The van der Waals surface area contributed by atoms with Gasteiger partial charge in [-0.15, -0.1) is 0 Å². The number of nitrogens with zero attached hydrogens (tertiary/aromatic N) is 1. The number of hydrogen-bond acceptors (Lipinski definition) is 4. The van der Waals surface area contributed by atoms with Gasteiger partial charge >= 0.3 is 12.0 Å². The molecule has 6 nitrogen and oxygen atoms in total. The number of esters is 1. The largest absolute Gasteiger partial charge is 0.467 e. The summed E-state index contributed by atoms with van der Waals surface area (Å²) >= 11 is 3.22. The first kappa shape index (κ1) is 17.8. The van der Waals surface area contributed by atoms with Crippen molar-refractivity contribution in [2.75, 3.05) is 12.0 Å². The van der Waals surface area contributed by atoms with Crippen LogP contribution in [0.1, 0.15) is 35.3 Å². The third kappa shape index (κ3) is 2.84. The zero-order valence-electron chi connectivity index (χ0n) is 14.6. The molecule has 0 aromatic heterocycles. The topological polar surface area (TPSA) is 67.9 Å². The van der Waals surface area contributed by atoms with Crippen molar-refractivity contribution in [1.82, 2.24) is 5.32 Å². The van der Waals surface area contributed by atoms with Crippen LogP contribution in [-0.4, -0.2) is 24.8 Å². The summed E-state index contributed by atoms with van der Waals surface area (Å²) in [6.07, 6.45) is 0.395. The van der Waals surface area contributed by atoms with Crippen molar-refractivity contribution in [3.05, 3.63) is 57.8 Å². The van der Waals surface area contributed by atoms with Crippen LogP contribution in [0.4, 0.5) is 14.9 Å². The van der Waals surface area contributed by atoms with Gasteiger partial charge in [0.05, 0.1) is 24.4 Å². The predicted octanol–water partition coefficient (Wildman–Crippen LogP) is 4.14. The molecule has 8 heteroatoms. The number of hydrogen-bond donors (Lipinski definition) is 1. The van der Waals surface area contributed by atoms with Gasteiger partial charge in [-0.25, -0.2) is 14.0 Å². The molecule has 2 amide bonds. The maximum absolute atomic E-state index is 14.5. The van der Waals surface area contributed by atoms with Crippen LogP contribution in [0.5, 0.6) is 5.75 Å². The summed E-state index contributed by atoms with van der Waals surface area (Å²) in [5, 5.41) is 2.88. The van der Waals surface area contributed by atoms with Gasteiger partial charge in [0.2, 0.25) is 0 Å². The van der Waals surface area contributed by atoms with E-state index in [-0.39, 0.29) is 11.7 Å². The van der Waals surface area contributed by atoms with Crippen molar-refractivity contribution in [3.8, 4) is 5.75 Å². The first-order valence-corrected chi connectivity index (χ1v) is 9.09. The van der Waals surface area contributed by atoms with Crippen LogP contribution in [0.25, 0.3) is 0 Å². The lowest BCUT2D eigenvalue weighted by Gasteiger charge is -2.50. The number of carbonyl (C=O) groups is 2. The van der Waals surface area contributed by atoms with Crippen molar-refractivity contribution in [1.29, 1.82) is 0 Å². The lowest BCUT2D eigenvalue weighted by atomic mass is 9.89. The quantitative estimate of drug-likeness (QED) is 0.721. The maximum atomic E-state index is 14.5. The van der Waals surface area contributed by atoms with Gasteiger partial charge in [-0.05, 0) is 43.3 Å². The molecule has 0 saturated carbocycles. The normalized spacial score (nSPS) is 23.2. The molecule has 27 heavy (non-hydrogen) atoms. The first-order valence-electron chi connectivity index (χ1n) is 8.29. The minimum absolute atomic E-state index is 0.131. The molecule has 2 aliphatic rings. The molecule has 2 atom stereocenters. The number of rotatable bonds is 2. The number of halogens is 2. The fraction of sp³-hybridized carbons (Fsp3) is 0.263. The predicted molar refractivity (Wildman–Crippen MR) is 99.3 cm³/mol. The number of ether oxygens (including phenoxy) is 2. The third-order valence-electron chi connectivity index (χ3n) is 4.84. The molecule has 2 heterocycles. The second kappa shape index (κ2) is 6.23. The molecule has 1 fully saturated rings. The molecular weight excluding hydrogens is 419 g/mol. The smallest absolute Gasteiger partial charge is 0.337 e. The molecule has 1 saturated heterocycles. The van der Waals surface area contributed by atoms with Gasteiger partial charge in [-0.1, -0.05) is 15.9 Å². The van der Waals surface area contributed by atoms with Gasteiger partial charge in [0.1, 0.15) is 11.6 Å². The SMILES string of the molecule is COC(=O)c1ccc2c(c1)C1CC(C)(O2)N(c2ccc(Br)cc2F)C(=O)N1. The number of carbonyl (C=O) groups excluding carboxylic acids is 2. The number of urea groups is 1. The summed E-state index contributed by atoms with van der Waals surface area (Å²) in [4.78, 5) is 25.9. The number of benzene rings is 2. The second-order valence-corrected chi connectivity index (χ2v) is 7.57. The molecule has 2 aromatic carbocycles. The van der Waals surface area contributed by atoms with Crippen molar-refractivity contribution in [2.45, 2.75) is 25.1 Å². The number of nitrogens with one attached hydrogen (secondary N) is 1. The van der Waals surface area contributed by atoms with E-state index >= 15 is 0 Å². The molecule has 0 aliphatic carbocycles. The van der Waals surface area contributed by atoms with Crippen LogP contribution in [0.15, 0.2) is 40.9 Å². The summed E-state index contributed by atoms with van der Waals surface area (Å²) in [6.45, 7) is 1.75. The fourth-order valence-corrected chi connectivity index (χ4v) is 3.98. The van der Waals surface area contributed by atoms with Crippen LogP contribution in [-0.2, 0) is 4.74 Å². The molecule has 2 bridgehead atoms. The van der Waals surface area contributed by atoms with Gasteiger partial charge in [-0.3, -0.25) is 4.90 Å². The highest BCUT2D eigenvalue weighted by molar-refractivity contribution is 9.10. The first-order chi connectivity index (χ1) is 12.8. The van der Waals surface area contributed by atoms with Crippen molar-refractivity contribution in [3.63, 3.8) is 0 Å². The Hall–Kier alpha value is -2.61. The monoisotopic (exact) mass is 434 g/mol. The van der Waals surface area contributed by atoms with E-state index in [1.165, 1.54) is 24.1 Å². The lowest BCUT2D eigenvalue weighted by molar-refractivity contribution is 0.0372. The zero-order valence-corrected chi connectivity index (χ0v) is 16.2. The van der Waals surface area contributed by atoms with E-state index in [0.29, 0.717) is 27.8 Å². The van der Waals surface area contributed by atoms with E-state index in [1.807, 2.05) is 0 Å². The van der Waals surface area contributed by atoms with Gasteiger partial charge < -0.3 is 14.8 Å². The van der Waals surface area contributed by atoms with Crippen LogP contribution in [0.2, 0.25) is 0 Å². The highest BCUT2D eigenvalue weighted by Crippen LogP contribution is 2.46. The minimum atomic E-state index is -1.07. The molecular formula is C19H16BrFN2O4. The Morgan fingerprint density at radius 1 is 1.37 bits per heavy atom. The Bertz CT molecular complexity index is 967. The fourth-order valence-electron chi connectivity index (χ4n) is 3.65. The standard InChI is InChI=1S/C19H16BrFN2O4/c1-19-9-14(12-7-10(17(24)26-2)3-6-16(12)27-19)22-18(25)23(19)15-5-4-11(20)8-13(15)21/h3-8,14H,9H2,1-2H3,(H,22,25).